The minimum absolute atomic E-state index is 0.0698. The fourth-order valence-corrected chi connectivity index (χ4v) is 3.32. The van der Waals surface area contributed by atoms with Crippen LogP contribution in [-0.4, -0.2) is 42.1 Å². The summed E-state index contributed by atoms with van der Waals surface area (Å²) in [4.78, 5) is 36.3. The van der Waals surface area contributed by atoms with Gasteiger partial charge in [0, 0.05) is 12.2 Å². The number of halogens is 7. The van der Waals surface area contributed by atoms with Crippen LogP contribution in [0.3, 0.4) is 0 Å². The average Bonchev–Trinajstić information content (AvgIpc) is 2.82. The molecule has 0 aliphatic carbocycles. The Hall–Kier alpha value is -3.12. The summed E-state index contributed by atoms with van der Waals surface area (Å²) < 4.78 is 68.7. The molecule has 2 rings (SSSR count). The van der Waals surface area contributed by atoms with Gasteiger partial charge in [-0.05, 0) is 43.7 Å². The van der Waals surface area contributed by atoms with Crippen molar-refractivity contribution in [1.82, 2.24) is 5.32 Å². The van der Waals surface area contributed by atoms with Crippen molar-refractivity contribution in [2.24, 2.45) is 5.41 Å². The predicted molar refractivity (Wildman–Crippen MR) is 132 cm³/mol. The third kappa shape index (κ3) is 8.19. The van der Waals surface area contributed by atoms with E-state index in [1.807, 2.05) is 13.8 Å². The van der Waals surface area contributed by atoms with Crippen LogP contribution in [0.2, 0.25) is 10.0 Å². The third-order valence-corrected chi connectivity index (χ3v) is 5.69. The van der Waals surface area contributed by atoms with Gasteiger partial charge in [0.05, 0.1) is 15.6 Å². The van der Waals surface area contributed by atoms with E-state index < -0.39 is 54.5 Å². The fourth-order valence-electron chi connectivity index (χ4n) is 2.71. The van der Waals surface area contributed by atoms with E-state index in [9.17, 15) is 41.4 Å². The minimum atomic E-state index is -4.80. The van der Waals surface area contributed by atoms with E-state index in [1.54, 1.807) is 0 Å². The second-order valence-electron chi connectivity index (χ2n) is 7.87. The predicted octanol–water partition coefficient (Wildman–Crippen LogP) is 6.82. The highest BCUT2D eigenvalue weighted by Crippen LogP contribution is 2.38. The van der Waals surface area contributed by atoms with Crippen molar-refractivity contribution < 1.29 is 46.2 Å². The Morgan fingerprint density at radius 2 is 1.66 bits per heavy atom. The normalized spacial score (nSPS) is 11.4. The van der Waals surface area contributed by atoms with Gasteiger partial charge in [0.1, 0.15) is 23.3 Å². The lowest BCUT2D eigenvalue weighted by Gasteiger charge is -2.26. The Kier molecular flexibility index (Phi) is 11.8. The molecule has 0 heterocycles. The van der Waals surface area contributed by atoms with Crippen LogP contribution in [0, 0.1) is 5.41 Å². The van der Waals surface area contributed by atoms with Crippen molar-refractivity contribution in [3.63, 3.8) is 0 Å². The van der Waals surface area contributed by atoms with Gasteiger partial charge in [0.2, 0.25) is 5.91 Å². The van der Waals surface area contributed by atoms with Gasteiger partial charge in [-0.1, -0.05) is 43.1 Å². The van der Waals surface area contributed by atoms with Gasteiger partial charge < -0.3 is 20.5 Å². The van der Waals surface area contributed by atoms with Crippen molar-refractivity contribution in [2.75, 3.05) is 11.9 Å². The summed E-state index contributed by atoms with van der Waals surface area (Å²) in [5.74, 6) is -4.09. The lowest BCUT2D eigenvalue weighted by atomic mass is 9.91. The number of nitrogens with one attached hydrogen (secondary N) is 2. The molecule has 0 saturated carbocycles. The third-order valence-electron chi connectivity index (χ3n) is 4.95. The van der Waals surface area contributed by atoms with Gasteiger partial charge in [-0.25, -0.2) is 13.6 Å². The van der Waals surface area contributed by atoms with Crippen molar-refractivity contribution >= 4 is 46.7 Å². The van der Waals surface area contributed by atoms with Crippen LogP contribution in [0.25, 0.3) is 0 Å². The summed E-state index contributed by atoms with van der Waals surface area (Å²) in [7, 11) is 0. The maximum absolute atomic E-state index is 13.1. The molecule has 38 heavy (non-hydrogen) atoms. The van der Waals surface area contributed by atoms with Crippen molar-refractivity contribution in [2.45, 2.75) is 46.8 Å². The van der Waals surface area contributed by atoms with Gasteiger partial charge >= 0.3 is 12.1 Å². The quantitative estimate of drug-likeness (QED) is 0.280. The number of carbonyl (C=O) groups is 3. The fraction of sp³-hybridized carbons (Fsp3) is 0.375. The zero-order valence-corrected chi connectivity index (χ0v) is 22.1. The van der Waals surface area contributed by atoms with Crippen LogP contribution in [0.4, 0.5) is 27.6 Å². The first-order valence-corrected chi connectivity index (χ1v) is 11.7. The Balaban J connectivity index is 0.00000352. The van der Waals surface area contributed by atoms with E-state index in [-0.39, 0.29) is 32.6 Å². The zero-order valence-electron chi connectivity index (χ0n) is 20.6. The number of rotatable bonds is 9. The molecule has 3 N–H and O–H groups in total. The molecule has 210 valence electrons. The Labute approximate surface area is 225 Å². The number of anilines is 1. The smallest absolute Gasteiger partial charge is 0.402 e. The van der Waals surface area contributed by atoms with Gasteiger partial charge in [-0.2, -0.15) is 13.2 Å². The van der Waals surface area contributed by atoms with Crippen LogP contribution >= 0.6 is 23.2 Å². The molecule has 2 aromatic carbocycles. The molecule has 0 bridgehead atoms. The topological polar surface area (TPSA) is 105 Å². The van der Waals surface area contributed by atoms with Crippen LogP contribution < -0.4 is 15.4 Å². The zero-order chi connectivity index (χ0) is 29.4. The molecule has 0 atom stereocenters. The summed E-state index contributed by atoms with van der Waals surface area (Å²) >= 11 is 12.3. The molecule has 2 amide bonds. The molecule has 0 saturated heterocycles. The lowest BCUT2D eigenvalue weighted by molar-refractivity contribution is -0.211. The van der Waals surface area contributed by atoms with E-state index >= 15 is 0 Å². The maximum Gasteiger partial charge on any atom is 0.402 e. The van der Waals surface area contributed by atoms with E-state index in [1.165, 1.54) is 18.2 Å². The monoisotopic (exact) mass is 586 g/mol. The molecule has 2 aromatic rings. The number of carboxylic acid groups (broad SMARTS) is 1. The molecule has 14 heteroatoms. The Morgan fingerprint density at radius 1 is 1.05 bits per heavy atom. The maximum atomic E-state index is 13.1. The van der Waals surface area contributed by atoms with E-state index in [2.05, 4.69) is 10.6 Å². The average molecular weight is 587 g/mol. The van der Waals surface area contributed by atoms with Gasteiger partial charge in [-0.3, -0.25) is 9.59 Å². The molecule has 0 aliphatic heterocycles. The molecule has 0 fully saturated rings. The van der Waals surface area contributed by atoms with Crippen LogP contribution in [0.15, 0.2) is 30.3 Å². The lowest BCUT2D eigenvalue weighted by Crippen LogP contribution is -2.46. The number of hydrogen-bond acceptors (Lipinski definition) is 4. The number of ether oxygens (including phenoxy) is 1. The number of hydrogen-bond donors (Lipinski definition) is 3. The summed E-state index contributed by atoms with van der Waals surface area (Å²) in [6.07, 6.45) is -7.65. The largest absolute Gasteiger partial charge is 0.487 e. The van der Waals surface area contributed by atoms with Crippen LogP contribution in [-0.2, 0) is 11.3 Å². The van der Waals surface area contributed by atoms with Gasteiger partial charge in [0.15, 0.2) is 0 Å². The van der Waals surface area contributed by atoms with E-state index in [0.29, 0.717) is 13.8 Å². The molecule has 0 radical (unpaired) electrons. The highest BCUT2D eigenvalue weighted by atomic mass is 35.5. The Bertz CT molecular complexity index is 1170. The SMILES string of the molecule is CC.CC(C)(C(=O)NCc1ccc(Cl)c(C(=O)Nc2ccc(OCC(F)F)c(C(=O)O)c2)c1Cl)C(F)(F)F. The minimum Gasteiger partial charge on any atom is -0.487 e. The molecular formula is C24H25Cl2F5N2O5. The second kappa shape index (κ2) is 13.6. The number of benzene rings is 2. The summed E-state index contributed by atoms with van der Waals surface area (Å²) in [6.45, 7) is 3.92. The summed E-state index contributed by atoms with van der Waals surface area (Å²) in [5, 5.41) is 13.4. The standard InChI is InChI=1S/C22H19Cl2F5N2O5.C2H6/c1-21(2,22(27,28)29)20(35)30-8-10-3-5-13(23)16(17(10)24)18(32)31-11-4-6-14(36-9-15(25)26)12(7-11)19(33)34;1-2/h3-7,15H,8-9H2,1-2H3,(H,30,35)(H,31,32)(H,33,34);1-2H3. The van der Waals surface area contributed by atoms with Crippen LogP contribution in [0.1, 0.15) is 54.0 Å². The first kappa shape index (κ1) is 32.9. The summed E-state index contributed by atoms with van der Waals surface area (Å²) in [6, 6.07) is 5.77. The molecule has 0 spiro atoms. The van der Waals surface area contributed by atoms with E-state index in [0.717, 1.165) is 12.1 Å². The number of aromatic carboxylic acids is 1. The van der Waals surface area contributed by atoms with Gasteiger partial charge in [-0.15, -0.1) is 0 Å². The molecule has 0 aliphatic rings. The second-order valence-corrected chi connectivity index (χ2v) is 8.66. The number of amides is 2. The van der Waals surface area contributed by atoms with Crippen molar-refractivity contribution in [3.8, 4) is 5.75 Å². The first-order chi connectivity index (χ1) is 17.6. The highest BCUT2D eigenvalue weighted by Gasteiger charge is 2.52. The van der Waals surface area contributed by atoms with Gasteiger partial charge in [0.25, 0.3) is 12.3 Å². The van der Waals surface area contributed by atoms with Crippen LogP contribution in [0.5, 0.6) is 5.75 Å². The molecular weight excluding hydrogens is 562 g/mol. The first-order valence-electron chi connectivity index (χ1n) is 11.0. The van der Waals surface area contributed by atoms with Crippen molar-refractivity contribution in [3.05, 3.63) is 57.1 Å². The number of alkyl halides is 5. The number of carboxylic acids is 1. The summed E-state index contributed by atoms with van der Waals surface area (Å²) in [5.41, 5.74) is -3.47. The molecule has 0 aromatic heterocycles. The van der Waals surface area contributed by atoms with Crippen molar-refractivity contribution in [1.29, 1.82) is 0 Å². The van der Waals surface area contributed by atoms with E-state index in [4.69, 9.17) is 27.9 Å². The Morgan fingerprint density at radius 3 is 2.18 bits per heavy atom. The highest BCUT2D eigenvalue weighted by molar-refractivity contribution is 6.40. The number of carbonyl (C=O) groups excluding carboxylic acids is 2. The molecule has 0 unspecified atom stereocenters. The molecule has 7 nitrogen and oxygen atoms in total.